The minimum Gasteiger partial charge on any atom is -0.333 e. The summed E-state index contributed by atoms with van der Waals surface area (Å²) >= 11 is 0. The second kappa shape index (κ2) is 6.86. The van der Waals surface area contributed by atoms with Gasteiger partial charge < -0.3 is 9.88 Å². The second-order valence-corrected chi connectivity index (χ2v) is 6.66. The maximum absolute atomic E-state index is 11.5. The number of hydrogen-bond acceptors (Lipinski definition) is 4. The average molecular weight is 274 g/mol. The molecular weight excluding hydrogens is 252 g/mol. The quantitative estimate of drug-likeness (QED) is 0.691. The first-order valence-corrected chi connectivity index (χ1v) is 7.68. The van der Waals surface area contributed by atoms with Gasteiger partial charge in [0.1, 0.15) is 0 Å². The summed E-state index contributed by atoms with van der Waals surface area (Å²) in [5.74, 6) is 0.113. The molecule has 0 bridgehead atoms. The number of nitrogens with one attached hydrogen (secondary N) is 1. The van der Waals surface area contributed by atoms with Crippen molar-refractivity contribution in [2.45, 2.75) is 26.4 Å². The highest BCUT2D eigenvalue weighted by molar-refractivity contribution is 7.89. The van der Waals surface area contributed by atoms with Gasteiger partial charge in [0.2, 0.25) is 10.0 Å². The first kappa shape index (κ1) is 15.1. The van der Waals surface area contributed by atoms with Crippen LogP contribution in [-0.2, 0) is 23.1 Å². The molecule has 0 fully saturated rings. The van der Waals surface area contributed by atoms with E-state index in [4.69, 9.17) is 0 Å². The normalized spacial score (nSPS) is 12.2. The predicted molar refractivity (Wildman–Crippen MR) is 71.7 cm³/mol. The molecule has 0 saturated heterocycles. The van der Waals surface area contributed by atoms with Crippen LogP contribution in [0.5, 0.6) is 0 Å². The fourth-order valence-corrected chi connectivity index (χ4v) is 2.31. The molecule has 18 heavy (non-hydrogen) atoms. The van der Waals surface area contributed by atoms with Gasteiger partial charge in [0.25, 0.3) is 0 Å². The highest BCUT2D eigenvalue weighted by Gasteiger charge is 2.12. The van der Waals surface area contributed by atoms with Crippen molar-refractivity contribution in [3.05, 3.63) is 18.2 Å². The molecule has 0 aliphatic heterocycles. The summed E-state index contributed by atoms with van der Waals surface area (Å²) in [4.78, 5) is 4.09. The summed E-state index contributed by atoms with van der Waals surface area (Å²) in [6, 6.07) is 0. The van der Waals surface area contributed by atoms with Crippen molar-refractivity contribution < 1.29 is 8.42 Å². The van der Waals surface area contributed by atoms with Crippen LogP contribution < -0.4 is 5.32 Å². The van der Waals surface area contributed by atoms with Gasteiger partial charge in [-0.3, -0.25) is 0 Å². The van der Waals surface area contributed by atoms with Crippen LogP contribution in [0.2, 0.25) is 0 Å². The Labute approximate surface area is 109 Å². The van der Waals surface area contributed by atoms with Gasteiger partial charge in [-0.1, -0.05) is 6.92 Å². The van der Waals surface area contributed by atoms with E-state index >= 15 is 0 Å². The molecule has 0 radical (unpaired) electrons. The number of nitrogens with zero attached hydrogens (tertiary/aromatic N) is 3. The van der Waals surface area contributed by atoms with Crippen LogP contribution >= 0.6 is 0 Å². The monoisotopic (exact) mass is 274 g/mol. The number of sulfonamides is 1. The van der Waals surface area contributed by atoms with Gasteiger partial charge in [0.15, 0.2) is 0 Å². The lowest BCUT2D eigenvalue weighted by Crippen LogP contribution is -2.31. The molecule has 1 aromatic heterocycles. The molecule has 7 heteroatoms. The Hall–Kier alpha value is -0.920. The molecule has 0 amide bonds. The SMILES string of the molecule is CCCn1cncc1CNCCS(=O)(=O)N(C)C. The average Bonchev–Trinajstić information content (AvgIpc) is 2.72. The zero-order chi connectivity index (χ0) is 13.6. The summed E-state index contributed by atoms with van der Waals surface area (Å²) in [7, 11) is -0.0166. The minimum atomic E-state index is -3.11. The van der Waals surface area contributed by atoms with E-state index in [9.17, 15) is 8.42 Å². The van der Waals surface area contributed by atoms with Crippen LogP contribution in [-0.4, -0.2) is 48.7 Å². The number of rotatable bonds is 8. The van der Waals surface area contributed by atoms with E-state index in [2.05, 4.69) is 21.8 Å². The maximum Gasteiger partial charge on any atom is 0.214 e. The molecule has 0 aliphatic carbocycles. The van der Waals surface area contributed by atoms with E-state index in [1.807, 2.05) is 6.20 Å². The van der Waals surface area contributed by atoms with Crippen molar-refractivity contribution in [1.29, 1.82) is 0 Å². The van der Waals surface area contributed by atoms with E-state index in [1.54, 1.807) is 20.4 Å². The largest absolute Gasteiger partial charge is 0.333 e. The van der Waals surface area contributed by atoms with Crippen molar-refractivity contribution in [3.63, 3.8) is 0 Å². The molecule has 104 valence electrons. The molecule has 0 saturated carbocycles. The molecule has 0 atom stereocenters. The van der Waals surface area contributed by atoms with E-state index in [0.717, 1.165) is 18.7 Å². The molecule has 1 rings (SSSR count). The lowest BCUT2D eigenvalue weighted by Gasteiger charge is -2.12. The highest BCUT2D eigenvalue weighted by Crippen LogP contribution is 2.00. The van der Waals surface area contributed by atoms with Crippen molar-refractivity contribution in [3.8, 4) is 0 Å². The molecule has 0 unspecified atom stereocenters. The third-order valence-electron chi connectivity index (χ3n) is 2.66. The molecule has 6 nitrogen and oxygen atoms in total. The Bertz CT molecular complexity index is 453. The third-order valence-corrected chi connectivity index (χ3v) is 4.49. The van der Waals surface area contributed by atoms with Gasteiger partial charge in [0.05, 0.1) is 17.8 Å². The van der Waals surface area contributed by atoms with Gasteiger partial charge in [-0.2, -0.15) is 0 Å². The van der Waals surface area contributed by atoms with E-state index < -0.39 is 10.0 Å². The molecule has 1 heterocycles. The minimum absolute atomic E-state index is 0.113. The Kier molecular flexibility index (Phi) is 5.77. The lowest BCUT2D eigenvalue weighted by molar-refractivity contribution is 0.516. The van der Waals surface area contributed by atoms with Crippen LogP contribution in [0.3, 0.4) is 0 Å². The van der Waals surface area contributed by atoms with Gasteiger partial charge in [-0.15, -0.1) is 0 Å². The number of imidazole rings is 1. The van der Waals surface area contributed by atoms with Crippen molar-refractivity contribution in [2.24, 2.45) is 0 Å². The number of aryl methyl sites for hydroxylation is 1. The lowest BCUT2D eigenvalue weighted by atomic mass is 10.4. The van der Waals surface area contributed by atoms with Gasteiger partial charge >= 0.3 is 0 Å². The van der Waals surface area contributed by atoms with Crippen LogP contribution in [0.15, 0.2) is 12.5 Å². The molecule has 1 N–H and O–H groups in total. The Morgan fingerprint density at radius 2 is 2.17 bits per heavy atom. The molecular formula is C11H22N4O2S. The van der Waals surface area contributed by atoms with Crippen molar-refractivity contribution in [2.75, 3.05) is 26.4 Å². The molecule has 1 aromatic rings. The zero-order valence-electron chi connectivity index (χ0n) is 11.3. The first-order chi connectivity index (χ1) is 8.47. The Morgan fingerprint density at radius 1 is 1.44 bits per heavy atom. The van der Waals surface area contributed by atoms with Crippen LogP contribution in [0.25, 0.3) is 0 Å². The summed E-state index contributed by atoms with van der Waals surface area (Å²) < 4.78 is 26.4. The van der Waals surface area contributed by atoms with Crippen molar-refractivity contribution >= 4 is 10.0 Å². The molecule has 0 aliphatic rings. The second-order valence-electron chi connectivity index (χ2n) is 4.35. The van der Waals surface area contributed by atoms with E-state index in [0.29, 0.717) is 13.1 Å². The fourth-order valence-electron chi connectivity index (χ4n) is 1.54. The van der Waals surface area contributed by atoms with Gasteiger partial charge in [-0.25, -0.2) is 17.7 Å². The summed E-state index contributed by atoms with van der Waals surface area (Å²) in [5, 5.41) is 3.13. The zero-order valence-corrected chi connectivity index (χ0v) is 12.1. The van der Waals surface area contributed by atoms with E-state index in [-0.39, 0.29) is 5.75 Å². The predicted octanol–water partition coefficient (Wildman–Crippen LogP) is 0.274. The standard InChI is InChI=1S/C11H22N4O2S/c1-4-6-15-10-13-9-11(15)8-12-5-7-18(16,17)14(2)3/h9-10,12H,4-8H2,1-3H3. The fraction of sp³-hybridized carbons (Fsp3) is 0.727. The summed E-state index contributed by atoms with van der Waals surface area (Å²) in [5.41, 5.74) is 1.08. The maximum atomic E-state index is 11.5. The van der Waals surface area contributed by atoms with E-state index in [1.165, 1.54) is 4.31 Å². The van der Waals surface area contributed by atoms with Crippen LogP contribution in [0.4, 0.5) is 0 Å². The van der Waals surface area contributed by atoms with Crippen molar-refractivity contribution in [1.82, 2.24) is 19.2 Å². The summed E-state index contributed by atoms with van der Waals surface area (Å²) in [6.07, 6.45) is 4.67. The smallest absolute Gasteiger partial charge is 0.214 e. The topological polar surface area (TPSA) is 67.2 Å². The first-order valence-electron chi connectivity index (χ1n) is 6.07. The molecule has 0 spiro atoms. The van der Waals surface area contributed by atoms with Gasteiger partial charge in [-0.05, 0) is 6.42 Å². The van der Waals surface area contributed by atoms with Crippen LogP contribution in [0, 0.1) is 0 Å². The Morgan fingerprint density at radius 3 is 2.78 bits per heavy atom. The number of aromatic nitrogens is 2. The third kappa shape index (κ3) is 4.40. The summed E-state index contributed by atoms with van der Waals surface area (Å²) in [6.45, 7) is 4.13. The van der Waals surface area contributed by atoms with Crippen LogP contribution in [0.1, 0.15) is 19.0 Å². The van der Waals surface area contributed by atoms with Gasteiger partial charge in [0, 0.05) is 39.9 Å². The Balaban J connectivity index is 2.36. The highest BCUT2D eigenvalue weighted by atomic mass is 32.2. The number of hydrogen-bond donors (Lipinski definition) is 1. The molecule has 0 aromatic carbocycles.